The van der Waals surface area contributed by atoms with Crippen molar-refractivity contribution < 1.29 is 0 Å². The Morgan fingerprint density at radius 3 is 2.38 bits per heavy atom. The molecule has 2 fully saturated rings. The molecule has 29 heavy (non-hydrogen) atoms. The zero-order valence-electron chi connectivity index (χ0n) is 17.5. The number of aryl methyl sites for hydroxylation is 1. The quantitative estimate of drug-likeness (QED) is 0.651. The molecule has 2 aromatic carbocycles. The molecule has 3 aromatic rings. The third-order valence-electron chi connectivity index (χ3n) is 7.38. The Kier molecular flexibility index (Phi) is 4.83. The molecule has 2 aliphatic rings. The average Bonchev–Trinajstić information content (AvgIpc) is 3.12. The molecule has 152 valence electrons. The molecule has 1 aliphatic heterocycles. The summed E-state index contributed by atoms with van der Waals surface area (Å²) >= 11 is 0. The number of imidazole rings is 1. The molecule has 1 aliphatic carbocycles. The Labute approximate surface area is 173 Å². The number of benzene rings is 2. The van der Waals surface area contributed by atoms with Crippen LogP contribution in [0.1, 0.15) is 62.1 Å². The number of aromatic nitrogens is 2. The van der Waals surface area contributed by atoms with Crippen molar-refractivity contribution in [2.24, 2.45) is 0 Å². The van der Waals surface area contributed by atoms with E-state index in [-0.39, 0.29) is 5.54 Å². The summed E-state index contributed by atoms with van der Waals surface area (Å²) in [4.78, 5) is 7.48. The number of hydrogen-bond donors (Lipinski definition) is 1. The second kappa shape index (κ2) is 7.49. The van der Waals surface area contributed by atoms with Crippen LogP contribution in [-0.2, 0) is 5.54 Å². The van der Waals surface area contributed by atoms with Gasteiger partial charge in [-0.05, 0) is 49.8 Å². The molecular weight excluding hydrogens is 356 g/mol. The van der Waals surface area contributed by atoms with Gasteiger partial charge in [0.2, 0.25) is 5.95 Å². The summed E-state index contributed by atoms with van der Waals surface area (Å²) < 4.78 is 2.30. The van der Waals surface area contributed by atoms with Crippen LogP contribution in [0.5, 0.6) is 0 Å². The topological polar surface area (TPSA) is 47.1 Å². The molecule has 0 radical (unpaired) electrons. The predicted octanol–water partition coefficient (Wildman–Crippen LogP) is 5.42. The van der Waals surface area contributed by atoms with Crippen LogP contribution in [0.15, 0.2) is 48.5 Å². The van der Waals surface area contributed by atoms with Crippen molar-refractivity contribution in [1.82, 2.24) is 14.5 Å². The van der Waals surface area contributed by atoms with Crippen molar-refractivity contribution in [3.63, 3.8) is 0 Å². The van der Waals surface area contributed by atoms with Gasteiger partial charge in [0.15, 0.2) is 0 Å². The van der Waals surface area contributed by atoms with Crippen molar-refractivity contribution in [3.8, 4) is 0 Å². The second-order valence-electron chi connectivity index (χ2n) is 8.96. The number of likely N-dealkylation sites (tertiary alicyclic amines) is 1. The van der Waals surface area contributed by atoms with Crippen LogP contribution < -0.4 is 5.73 Å². The number of anilines is 1. The maximum Gasteiger partial charge on any atom is 0.201 e. The molecule has 0 amide bonds. The van der Waals surface area contributed by atoms with Gasteiger partial charge in [0, 0.05) is 24.7 Å². The van der Waals surface area contributed by atoms with Gasteiger partial charge in [0.25, 0.3) is 0 Å². The molecule has 1 aromatic heterocycles. The number of nitrogens with two attached hydrogens (primary N) is 1. The molecule has 4 nitrogen and oxygen atoms in total. The molecule has 0 unspecified atom stereocenters. The lowest BCUT2D eigenvalue weighted by molar-refractivity contribution is 0.0194. The van der Waals surface area contributed by atoms with E-state index >= 15 is 0 Å². The van der Waals surface area contributed by atoms with Crippen molar-refractivity contribution >= 4 is 17.0 Å². The normalized spacial score (nSPS) is 20.9. The summed E-state index contributed by atoms with van der Waals surface area (Å²) in [5, 5.41) is 0. The van der Waals surface area contributed by atoms with Crippen molar-refractivity contribution in [1.29, 1.82) is 0 Å². The highest BCUT2D eigenvalue weighted by Gasteiger charge is 2.41. The van der Waals surface area contributed by atoms with E-state index in [1.54, 1.807) is 0 Å². The second-order valence-corrected chi connectivity index (χ2v) is 8.96. The first-order valence-electron chi connectivity index (χ1n) is 11.2. The van der Waals surface area contributed by atoms with E-state index in [0.717, 1.165) is 31.4 Å². The number of hydrogen-bond acceptors (Lipinski definition) is 3. The summed E-state index contributed by atoms with van der Waals surface area (Å²) in [5.41, 5.74) is 11.6. The highest BCUT2D eigenvalue weighted by molar-refractivity contribution is 5.81. The number of para-hydroxylation sites is 1. The van der Waals surface area contributed by atoms with E-state index in [4.69, 9.17) is 5.73 Å². The molecule has 0 spiro atoms. The van der Waals surface area contributed by atoms with Crippen LogP contribution in [0.4, 0.5) is 5.95 Å². The van der Waals surface area contributed by atoms with Gasteiger partial charge in [-0.2, -0.15) is 0 Å². The standard InChI is InChI=1S/C25H32N4/c1-19-9-8-12-22-23(19)27-24(26)29(22)21-13-17-28(18-14-21)25(15-6-3-7-16-25)20-10-4-2-5-11-20/h2,4-5,8-12,21H,3,6-7,13-18H2,1H3,(H2,26,27). The molecule has 4 heteroatoms. The van der Waals surface area contributed by atoms with Gasteiger partial charge >= 0.3 is 0 Å². The molecule has 5 rings (SSSR count). The minimum absolute atomic E-state index is 0.226. The lowest BCUT2D eigenvalue weighted by Gasteiger charge is -2.50. The highest BCUT2D eigenvalue weighted by Crippen LogP contribution is 2.44. The number of nitrogen functional groups attached to an aromatic ring is 1. The average molecular weight is 389 g/mol. The number of piperidine rings is 1. The maximum absolute atomic E-state index is 6.39. The fraction of sp³-hybridized carbons (Fsp3) is 0.480. The SMILES string of the molecule is Cc1cccc2c1nc(N)n2C1CCN(C2(c3ccccc3)CCCCC2)CC1. The van der Waals surface area contributed by atoms with Crippen LogP contribution in [0.2, 0.25) is 0 Å². The lowest BCUT2D eigenvalue weighted by Crippen LogP contribution is -2.51. The minimum atomic E-state index is 0.226. The van der Waals surface area contributed by atoms with Crippen LogP contribution in [0.3, 0.4) is 0 Å². The van der Waals surface area contributed by atoms with Gasteiger partial charge in [-0.15, -0.1) is 0 Å². The first kappa shape index (κ1) is 18.7. The van der Waals surface area contributed by atoms with Gasteiger partial charge in [0.1, 0.15) is 0 Å². The van der Waals surface area contributed by atoms with E-state index < -0.39 is 0 Å². The Morgan fingerprint density at radius 2 is 1.66 bits per heavy atom. The smallest absolute Gasteiger partial charge is 0.201 e. The Bertz CT molecular complexity index is 977. The van der Waals surface area contributed by atoms with Gasteiger partial charge < -0.3 is 10.3 Å². The Hall–Kier alpha value is -2.33. The Morgan fingerprint density at radius 1 is 0.931 bits per heavy atom. The molecule has 2 N–H and O–H groups in total. The zero-order valence-corrected chi connectivity index (χ0v) is 17.5. The van der Waals surface area contributed by atoms with E-state index in [1.807, 2.05) is 0 Å². The van der Waals surface area contributed by atoms with Crippen LogP contribution in [0.25, 0.3) is 11.0 Å². The van der Waals surface area contributed by atoms with Gasteiger partial charge in [-0.25, -0.2) is 4.98 Å². The van der Waals surface area contributed by atoms with Crippen molar-refractivity contribution in [3.05, 3.63) is 59.7 Å². The third kappa shape index (κ3) is 3.14. The Balaban J connectivity index is 1.41. The van der Waals surface area contributed by atoms with Crippen LogP contribution in [0, 0.1) is 6.92 Å². The summed E-state index contributed by atoms with van der Waals surface area (Å²) in [5.74, 6) is 0.670. The number of fused-ring (bicyclic) bond motifs is 1. The molecule has 0 bridgehead atoms. The zero-order chi connectivity index (χ0) is 19.8. The fourth-order valence-electron chi connectivity index (χ4n) is 5.88. The fourth-order valence-corrected chi connectivity index (χ4v) is 5.88. The first-order valence-corrected chi connectivity index (χ1v) is 11.2. The summed E-state index contributed by atoms with van der Waals surface area (Å²) in [7, 11) is 0. The van der Waals surface area contributed by atoms with Crippen molar-refractivity contribution in [2.75, 3.05) is 18.8 Å². The van der Waals surface area contributed by atoms with E-state index in [0.29, 0.717) is 12.0 Å². The van der Waals surface area contributed by atoms with E-state index in [1.165, 1.54) is 48.7 Å². The van der Waals surface area contributed by atoms with E-state index in [9.17, 15) is 0 Å². The van der Waals surface area contributed by atoms with Crippen molar-refractivity contribution in [2.45, 2.75) is 63.5 Å². The number of nitrogens with zero attached hydrogens (tertiary/aromatic N) is 3. The third-order valence-corrected chi connectivity index (χ3v) is 7.38. The first-order chi connectivity index (χ1) is 14.2. The van der Waals surface area contributed by atoms with Crippen LogP contribution in [-0.4, -0.2) is 27.5 Å². The minimum Gasteiger partial charge on any atom is -0.369 e. The van der Waals surface area contributed by atoms with Gasteiger partial charge in [0.05, 0.1) is 11.0 Å². The summed E-state index contributed by atoms with van der Waals surface area (Å²) in [6.45, 7) is 4.38. The molecule has 1 saturated heterocycles. The summed E-state index contributed by atoms with van der Waals surface area (Å²) in [6.07, 6.45) is 8.91. The highest BCUT2D eigenvalue weighted by atomic mass is 15.2. The lowest BCUT2D eigenvalue weighted by atomic mass is 9.74. The van der Waals surface area contributed by atoms with E-state index in [2.05, 4.69) is 69.9 Å². The molecule has 2 heterocycles. The molecule has 1 saturated carbocycles. The molecular formula is C25H32N4. The van der Waals surface area contributed by atoms with Crippen LogP contribution >= 0.6 is 0 Å². The monoisotopic (exact) mass is 388 g/mol. The van der Waals surface area contributed by atoms with Gasteiger partial charge in [-0.3, -0.25) is 4.90 Å². The number of rotatable bonds is 3. The largest absolute Gasteiger partial charge is 0.369 e. The predicted molar refractivity (Wildman–Crippen MR) is 120 cm³/mol. The molecule has 0 atom stereocenters. The maximum atomic E-state index is 6.39. The summed E-state index contributed by atoms with van der Waals surface area (Å²) in [6, 6.07) is 18.1. The van der Waals surface area contributed by atoms with Gasteiger partial charge in [-0.1, -0.05) is 61.7 Å².